The van der Waals surface area contributed by atoms with E-state index in [9.17, 15) is 9.59 Å². The van der Waals surface area contributed by atoms with Gasteiger partial charge in [0.05, 0.1) is 12.7 Å². The SMILES string of the molecule is COC(=O)c1c(C)[nH]c(C(=O)OCc2ccc(SC)cc2)c1C. The lowest BCUT2D eigenvalue weighted by atomic mass is 10.1. The Hall–Kier alpha value is -2.21. The van der Waals surface area contributed by atoms with Gasteiger partial charge < -0.3 is 14.5 Å². The van der Waals surface area contributed by atoms with Crippen LogP contribution in [-0.2, 0) is 16.1 Å². The molecule has 1 aromatic carbocycles. The summed E-state index contributed by atoms with van der Waals surface area (Å²) >= 11 is 1.65. The van der Waals surface area contributed by atoms with E-state index in [0.717, 1.165) is 10.5 Å². The molecule has 1 heterocycles. The number of rotatable bonds is 5. The van der Waals surface area contributed by atoms with Gasteiger partial charge in [-0.3, -0.25) is 0 Å². The molecule has 0 unspecified atom stereocenters. The number of esters is 2. The van der Waals surface area contributed by atoms with E-state index >= 15 is 0 Å². The lowest BCUT2D eigenvalue weighted by molar-refractivity contribution is 0.0465. The molecule has 0 fully saturated rings. The quantitative estimate of drug-likeness (QED) is 0.670. The van der Waals surface area contributed by atoms with E-state index < -0.39 is 11.9 Å². The number of aromatic amines is 1. The zero-order chi connectivity index (χ0) is 17.0. The van der Waals surface area contributed by atoms with E-state index in [0.29, 0.717) is 16.8 Å². The number of hydrogen-bond acceptors (Lipinski definition) is 5. The van der Waals surface area contributed by atoms with Gasteiger partial charge >= 0.3 is 11.9 Å². The van der Waals surface area contributed by atoms with Crippen LogP contribution in [0.3, 0.4) is 0 Å². The van der Waals surface area contributed by atoms with Gasteiger partial charge in [0.2, 0.25) is 0 Å². The molecule has 0 spiro atoms. The van der Waals surface area contributed by atoms with E-state index in [1.165, 1.54) is 7.11 Å². The Morgan fingerprint density at radius 2 is 1.78 bits per heavy atom. The fourth-order valence-electron chi connectivity index (χ4n) is 2.31. The molecule has 0 aliphatic heterocycles. The molecular weight excluding hydrogens is 314 g/mol. The van der Waals surface area contributed by atoms with Crippen molar-refractivity contribution in [2.24, 2.45) is 0 Å². The van der Waals surface area contributed by atoms with Crippen molar-refractivity contribution < 1.29 is 19.1 Å². The average Bonchev–Trinajstić information content (AvgIpc) is 2.87. The molecule has 6 heteroatoms. The monoisotopic (exact) mass is 333 g/mol. The summed E-state index contributed by atoms with van der Waals surface area (Å²) in [5.74, 6) is -0.961. The van der Waals surface area contributed by atoms with Crippen LogP contribution < -0.4 is 0 Å². The summed E-state index contributed by atoms with van der Waals surface area (Å²) in [5, 5.41) is 0. The minimum absolute atomic E-state index is 0.179. The fraction of sp³-hybridized carbons (Fsp3) is 0.294. The van der Waals surface area contributed by atoms with Crippen LogP contribution >= 0.6 is 11.8 Å². The van der Waals surface area contributed by atoms with Gasteiger partial charge in [0.1, 0.15) is 12.3 Å². The lowest BCUT2D eigenvalue weighted by Gasteiger charge is -2.05. The van der Waals surface area contributed by atoms with E-state index in [1.807, 2.05) is 30.5 Å². The zero-order valence-electron chi connectivity index (χ0n) is 13.6. The number of hydrogen-bond donors (Lipinski definition) is 1. The van der Waals surface area contributed by atoms with Crippen LogP contribution in [0.2, 0.25) is 0 Å². The molecule has 0 aliphatic rings. The largest absolute Gasteiger partial charge is 0.465 e. The van der Waals surface area contributed by atoms with Crippen molar-refractivity contribution in [1.29, 1.82) is 0 Å². The highest BCUT2D eigenvalue weighted by Gasteiger charge is 2.23. The lowest BCUT2D eigenvalue weighted by Crippen LogP contribution is -2.08. The van der Waals surface area contributed by atoms with Gasteiger partial charge in [-0.05, 0) is 43.4 Å². The predicted molar refractivity (Wildman–Crippen MR) is 88.9 cm³/mol. The van der Waals surface area contributed by atoms with E-state index in [2.05, 4.69) is 4.98 Å². The van der Waals surface area contributed by atoms with Crippen molar-refractivity contribution in [3.05, 3.63) is 52.3 Å². The first kappa shape index (κ1) is 17.1. The average molecular weight is 333 g/mol. The number of thioether (sulfide) groups is 1. The van der Waals surface area contributed by atoms with Crippen molar-refractivity contribution in [3.8, 4) is 0 Å². The van der Waals surface area contributed by atoms with Gasteiger partial charge in [0.25, 0.3) is 0 Å². The smallest absolute Gasteiger partial charge is 0.355 e. The summed E-state index contributed by atoms with van der Waals surface area (Å²) in [7, 11) is 1.31. The number of H-pyrrole nitrogens is 1. The molecule has 0 aliphatic carbocycles. The molecule has 2 rings (SSSR count). The first-order chi connectivity index (χ1) is 11.0. The maximum absolute atomic E-state index is 12.2. The van der Waals surface area contributed by atoms with Crippen LogP contribution in [0.5, 0.6) is 0 Å². The third kappa shape index (κ3) is 3.76. The number of ether oxygens (including phenoxy) is 2. The van der Waals surface area contributed by atoms with Crippen LogP contribution in [-0.4, -0.2) is 30.3 Å². The van der Waals surface area contributed by atoms with Crippen molar-refractivity contribution >= 4 is 23.7 Å². The van der Waals surface area contributed by atoms with Gasteiger partial charge in [0.15, 0.2) is 0 Å². The summed E-state index contributed by atoms with van der Waals surface area (Å²) in [6.45, 7) is 3.59. The molecule has 122 valence electrons. The zero-order valence-corrected chi connectivity index (χ0v) is 14.4. The normalized spacial score (nSPS) is 10.4. The van der Waals surface area contributed by atoms with Gasteiger partial charge in [-0.1, -0.05) is 12.1 Å². The highest BCUT2D eigenvalue weighted by Crippen LogP contribution is 2.20. The minimum Gasteiger partial charge on any atom is -0.465 e. The van der Waals surface area contributed by atoms with E-state index in [4.69, 9.17) is 9.47 Å². The predicted octanol–water partition coefficient (Wildman–Crippen LogP) is 3.50. The van der Waals surface area contributed by atoms with E-state index in [-0.39, 0.29) is 12.3 Å². The summed E-state index contributed by atoms with van der Waals surface area (Å²) < 4.78 is 10.1. The number of aromatic nitrogens is 1. The van der Waals surface area contributed by atoms with Crippen LogP contribution in [0.1, 0.15) is 37.7 Å². The molecule has 0 atom stereocenters. The maximum Gasteiger partial charge on any atom is 0.355 e. The Kier molecular flexibility index (Phi) is 5.50. The van der Waals surface area contributed by atoms with E-state index in [1.54, 1.807) is 25.6 Å². The van der Waals surface area contributed by atoms with Gasteiger partial charge in [-0.25, -0.2) is 9.59 Å². The van der Waals surface area contributed by atoms with Crippen LogP contribution in [0.4, 0.5) is 0 Å². The minimum atomic E-state index is -0.491. The standard InChI is InChI=1S/C17H19NO4S/c1-10-14(16(19)21-3)11(2)18-15(10)17(20)22-9-12-5-7-13(23-4)8-6-12/h5-8,18H,9H2,1-4H3. The number of carbonyl (C=O) groups is 2. The first-order valence-electron chi connectivity index (χ1n) is 7.05. The molecule has 1 N–H and O–H groups in total. The van der Waals surface area contributed by atoms with Gasteiger partial charge in [0, 0.05) is 10.6 Å². The fourth-order valence-corrected chi connectivity index (χ4v) is 2.71. The third-order valence-electron chi connectivity index (χ3n) is 3.56. The Bertz CT molecular complexity index is 719. The number of aryl methyl sites for hydroxylation is 1. The molecule has 1 aromatic heterocycles. The number of carbonyl (C=O) groups excluding carboxylic acids is 2. The molecule has 0 bridgehead atoms. The molecule has 0 saturated heterocycles. The van der Waals surface area contributed by atoms with Gasteiger partial charge in [-0.15, -0.1) is 11.8 Å². The van der Waals surface area contributed by atoms with Crippen molar-refractivity contribution in [2.45, 2.75) is 25.3 Å². The second kappa shape index (κ2) is 7.37. The Morgan fingerprint density at radius 3 is 2.35 bits per heavy atom. The highest BCUT2D eigenvalue weighted by molar-refractivity contribution is 7.98. The number of benzene rings is 1. The van der Waals surface area contributed by atoms with Crippen molar-refractivity contribution in [1.82, 2.24) is 4.98 Å². The van der Waals surface area contributed by atoms with Gasteiger partial charge in [-0.2, -0.15) is 0 Å². The number of methoxy groups -OCH3 is 1. The Morgan fingerprint density at radius 1 is 1.13 bits per heavy atom. The van der Waals surface area contributed by atoms with Crippen LogP contribution in [0.15, 0.2) is 29.2 Å². The van der Waals surface area contributed by atoms with Crippen molar-refractivity contribution in [3.63, 3.8) is 0 Å². The number of nitrogens with one attached hydrogen (secondary N) is 1. The maximum atomic E-state index is 12.2. The Labute approximate surface area is 139 Å². The third-order valence-corrected chi connectivity index (χ3v) is 4.30. The molecule has 0 saturated carbocycles. The highest BCUT2D eigenvalue weighted by atomic mass is 32.2. The summed E-state index contributed by atoms with van der Waals surface area (Å²) in [5.41, 5.74) is 2.69. The molecule has 23 heavy (non-hydrogen) atoms. The molecular formula is C17H19NO4S. The second-order valence-electron chi connectivity index (χ2n) is 5.04. The van der Waals surface area contributed by atoms with Crippen LogP contribution in [0.25, 0.3) is 0 Å². The van der Waals surface area contributed by atoms with Crippen molar-refractivity contribution in [2.75, 3.05) is 13.4 Å². The first-order valence-corrected chi connectivity index (χ1v) is 8.28. The van der Waals surface area contributed by atoms with Crippen LogP contribution in [0, 0.1) is 13.8 Å². The topological polar surface area (TPSA) is 68.4 Å². The molecule has 5 nitrogen and oxygen atoms in total. The summed E-state index contributed by atoms with van der Waals surface area (Å²) in [6, 6.07) is 7.80. The molecule has 0 amide bonds. The second-order valence-corrected chi connectivity index (χ2v) is 5.92. The summed E-state index contributed by atoms with van der Waals surface area (Å²) in [4.78, 5) is 28.0. The molecule has 2 aromatic rings. The Balaban J connectivity index is 2.10. The summed E-state index contributed by atoms with van der Waals surface area (Å²) in [6.07, 6.45) is 2.00. The molecule has 0 radical (unpaired) electrons.